The maximum Gasteiger partial charge on any atom is 0.269 e. The van der Waals surface area contributed by atoms with Crippen molar-refractivity contribution >= 4 is 16.7 Å². The predicted octanol–water partition coefficient (Wildman–Crippen LogP) is 4.15. The molecule has 0 fully saturated rings. The van der Waals surface area contributed by atoms with Gasteiger partial charge in [0.1, 0.15) is 22.9 Å². The maximum absolute atomic E-state index is 14.6. The van der Waals surface area contributed by atoms with E-state index in [4.69, 9.17) is 4.98 Å². The molecule has 0 saturated carbocycles. The number of amidine groups is 1. The van der Waals surface area contributed by atoms with Crippen LogP contribution in [0.15, 0.2) is 94.5 Å². The lowest BCUT2D eigenvalue weighted by molar-refractivity contribution is 0.536. The van der Waals surface area contributed by atoms with Gasteiger partial charge in [0.05, 0.1) is 17.2 Å². The van der Waals surface area contributed by atoms with E-state index in [1.165, 1.54) is 10.6 Å². The molecule has 2 heterocycles. The molecular formula is C25H24FN5O. The van der Waals surface area contributed by atoms with E-state index in [-0.39, 0.29) is 11.4 Å². The van der Waals surface area contributed by atoms with Crippen molar-refractivity contribution in [3.8, 4) is 5.69 Å². The summed E-state index contributed by atoms with van der Waals surface area (Å²) in [4.78, 5) is 22.5. The van der Waals surface area contributed by atoms with Gasteiger partial charge in [0.2, 0.25) is 0 Å². The van der Waals surface area contributed by atoms with Crippen molar-refractivity contribution in [1.82, 2.24) is 20.2 Å². The van der Waals surface area contributed by atoms with Crippen LogP contribution in [0.5, 0.6) is 0 Å². The van der Waals surface area contributed by atoms with Gasteiger partial charge in [-0.15, -0.1) is 0 Å². The Hall–Kier alpha value is -4.00. The molecule has 162 valence electrons. The second-order valence-electron chi connectivity index (χ2n) is 7.27. The second kappa shape index (κ2) is 9.01. The number of allylic oxidation sites excluding steroid dienone is 1. The molecule has 2 aromatic carbocycles. The molecule has 2 N–H and O–H groups in total. The standard InChI is InChI=1S/C25H24FN5O/c1-4-19(17-14-15-28-23(17)27-3)29-20(5-2)24-30-21-13-9-12-18(26)22(21)25(32)31(24)16-10-7-6-8-11-16/h4,6-15,20,29H,1,5H2,2-3H3,(H,27,28)/b19-17+/t20-/m0/s1. The number of rotatable bonds is 6. The highest BCUT2D eigenvalue weighted by atomic mass is 19.1. The summed E-state index contributed by atoms with van der Waals surface area (Å²) in [7, 11) is 1.71. The van der Waals surface area contributed by atoms with Crippen LogP contribution in [-0.4, -0.2) is 22.4 Å². The summed E-state index contributed by atoms with van der Waals surface area (Å²) in [6.45, 7) is 5.94. The van der Waals surface area contributed by atoms with Crippen LogP contribution in [0, 0.1) is 5.82 Å². The van der Waals surface area contributed by atoms with Crippen molar-refractivity contribution in [2.75, 3.05) is 7.05 Å². The van der Waals surface area contributed by atoms with E-state index >= 15 is 0 Å². The van der Waals surface area contributed by atoms with Crippen LogP contribution >= 0.6 is 0 Å². The van der Waals surface area contributed by atoms with Crippen LogP contribution in [0.3, 0.4) is 0 Å². The summed E-state index contributed by atoms with van der Waals surface area (Å²) in [6.07, 6.45) is 6.06. The third kappa shape index (κ3) is 3.73. The third-order valence-corrected chi connectivity index (χ3v) is 5.38. The second-order valence-corrected chi connectivity index (χ2v) is 7.27. The van der Waals surface area contributed by atoms with Crippen LogP contribution < -0.4 is 16.2 Å². The van der Waals surface area contributed by atoms with Crippen LogP contribution in [0.4, 0.5) is 4.39 Å². The van der Waals surface area contributed by atoms with Crippen LogP contribution in [0.2, 0.25) is 0 Å². The minimum atomic E-state index is -0.586. The lowest BCUT2D eigenvalue weighted by Gasteiger charge is -2.24. The van der Waals surface area contributed by atoms with Crippen molar-refractivity contribution in [1.29, 1.82) is 0 Å². The van der Waals surface area contributed by atoms with Crippen LogP contribution in [-0.2, 0) is 0 Å². The molecule has 3 aromatic rings. The van der Waals surface area contributed by atoms with Crippen molar-refractivity contribution in [2.45, 2.75) is 19.4 Å². The molecule has 1 aliphatic heterocycles. The lowest BCUT2D eigenvalue weighted by Crippen LogP contribution is -2.32. The van der Waals surface area contributed by atoms with Crippen molar-refractivity contribution in [3.63, 3.8) is 0 Å². The molecule has 1 aromatic heterocycles. The Balaban J connectivity index is 1.94. The van der Waals surface area contributed by atoms with Crippen molar-refractivity contribution in [2.24, 2.45) is 4.99 Å². The Morgan fingerprint density at radius 2 is 2.06 bits per heavy atom. The summed E-state index contributed by atoms with van der Waals surface area (Å²) >= 11 is 0. The molecule has 32 heavy (non-hydrogen) atoms. The van der Waals surface area contributed by atoms with E-state index in [1.807, 2.05) is 43.3 Å². The predicted molar refractivity (Wildman–Crippen MR) is 126 cm³/mol. The fraction of sp³-hybridized carbons (Fsp3) is 0.160. The van der Waals surface area contributed by atoms with Gasteiger partial charge in [0, 0.05) is 24.5 Å². The fourth-order valence-electron chi connectivity index (χ4n) is 3.81. The van der Waals surface area contributed by atoms with E-state index in [0.29, 0.717) is 23.4 Å². The SMILES string of the molecule is C=C/C(N[C@@H](CC)c1nc2cccc(F)c2c(=O)n1-c1ccccc1)=C1/C=CN/C1=N/C. The van der Waals surface area contributed by atoms with E-state index in [9.17, 15) is 9.18 Å². The molecule has 7 heteroatoms. The number of hydrogen-bond acceptors (Lipinski definition) is 4. The summed E-state index contributed by atoms with van der Waals surface area (Å²) in [5.74, 6) is 0.625. The minimum absolute atomic E-state index is 0.0272. The quantitative estimate of drug-likeness (QED) is 0.618. The van der Waals surface area contributed by atoms with Gasteiger partial charge in [-0.05, 0) is 42.8 Å². The number of halogens is 1. The molecule has 0 unspecified atom stereocenters. The first-order valence-electron chi connectivity index (χ1n) is 10.4. The van der Waals surface area contributed by atoms with Gasteiger partial charge < -0.3 is 10.6 Å². The Morgan fingerprint density at radius 3 is 2.75 bits per heavy atom. The van der Waals surface area contributed by atoms with Gasteiger partial charge in [-0.25, -0.2) is 9.37 Å². The number of aromatic nitrogens is 2. The largest absolute Gasteiger partial charge is 0.375 e. The smallest absolute Gasteiger partial charge is 0.269 e. The molecule has 0 bridgehead atoms. The Morgan fingerprint density at radius 1 is 1.28 bits per heavy atom. The Bertz CT molecular complexity index is 1320. The molecule has 1 aliphatic rings. The molecule has 6 nitrogen and oxygen atoms in total. The first-order chi connectivity index (χ1) is 15.6. The maximum atomic E-state index is 14.6. The molecule has 0 spiro atoms. The summed E-state index contributed by atoms with van der Waals surface area (Å²) in [5, 5.41) is 6.53. The number of aliphatic imine (C=N–C) groups is 1. The first kappa shape index (κ1) is 21.2. The number of para-hydroxylation sites is 1. The highest BCUT2D eigenvalue weighted by Gasteiger charge is 2.23. The van der Waals surface area contributed by atoms with Gasteiger partial charge in [-0.2, -0.15) is 0 Å². The summed E-state index contributed by atoms with van der Waals surface area (Å²) in [6, 6.07) is 13.3. The molecule has 0 amide bonds. The molecule has 4 rings (SSSR count). The molecule has 0 radical (unpaired) electrons. The van der Waals surface area contributed by atoms with Crippen molar-refractivity contribution in [3.05, 3.63) is 107 Å². The molecule has 1 atom stereocenters. The highest BCUT2D eigenvalue weighted by molar-refractivity contribution is 6.04. The number of nitrogens with one attached hydrogen (secondary N) is 2. The first-order valence-corrected chi connectivity index (χ1v) is 10.4. The Labute approximate surface area is 185 Å². The Kier molecular flexibility index (Phi) is 5.98. The van der Waals surface area contributed by atoms with Crippen LogP contribution in [0.1, 0.15) is 25.2 Å². The normalized spacial score (nSPS) is 16.8. The molecule has 0 aliphatic carbocycles. The number of benzene rings is 2. The van der Waals surface area contributed by atoms with E-state index in [2.05, 4.69) is 22.2 Å². The van der Waals surface area contributed by atoms with Gasteiger partial charge in [-0.1, -0.05) is 37.8 Å². The monoisotopic (exact) mass is 429 g/mol. The van der Waals surface area contributed by atoms with Gasteiger partial charge >= 0.3 is 0 Å². The zero-order valence-corrected chi connectivity index (χ0v) is 18.0. The summed E-state index contributed by atoms with van der Waals surface area (Å²) in [5.41, 5.74) is 2.12. The van der Waals surface area contributed by atoms with E-state index < -0.39 is 11.4 Å². The number of hydrogen-bond donors (Lipinski definition) is 2. The molecule has 0 saturated heterocycles. The van der Waals surface area contributed by atoms with Gasteiger partial charge in [0.15, 0.2) is 0 Å². The van der Waals surface area contributed by atoms with E-state index in [0.717, 1.165) is 17.1 Å². The van der Waals surface area contributed by atoms with Gasteiger partial charge in [0.25, 0.3) is 5.56 Å². The minimum Gasteiger partial charge on any atom is -0.375 e. The fourth-order valence-corrected chi connectivity index (χ4v) is 3.81. The van der Waals surface area contributed by atoms with Crippen LogP contribution in [0.25, 0.3) is 16.6 Å². The number of fused-ring (bicyclic) bond motifs is 1. The topological polar surface area (TPSA) is 71.3 Å². The average molecular weight is 429 g/mol. The van der Waals surface area contributed by atoms with Gasteiger partial charge in [-0.3, -0.25) is 14.4 Å². The zero-order chi connectivity index (χ0) is 22.7. The average Bonchev–Trinajstić information content (AvgIpc) is 3.29. The zero-order valence-electron chi connectivity index (χ0n) is 18.0. The number of nitrogens with zero attached hydrogens (tertiary/aromatic N) is 3. The van der Waals surface area contributed by atoms with E-state index in [1.54, 1.807) is 31.5 Å². The lowest BCUT2D eigenvalue weighted by atomic mass is 10.1. The third-order valence-electron chi connectivity index (χ3n) is 5.38. The molecular weight excluding hydrogens is 405 g/mol. The summed E-state index contributed by atoms with van der Waals surface area (Å²) < 4.78 is 16.1. The highest BCUT2D eigenvalue weighted by Crippen LogP contribution is 2.24. The van der Waals surface area contributed by atoms with Crippen molar-refractivity contribution < 1.29 is 4.39 Å².